The molecule has 4 unspecified atom stereocenters. The maximum absolute atomic E-state index is 12.7. The van der Waals surface area contributed by atoms with Crippen molar-refractivity contribution < 1.29 is 24.3 Å². The van der Waals surface area contributed by atoms with Crippen LogP contribution in [-0.2, 0) is 25.6 Å². The predicted molar refractivity (Wildman–Crippen MR) is 109 cm³/mol. The van der Waals surface area contributed by atoms with Gasteiger partial charge in [-0.05, 0) is 11.8 Å². The Morgan fingerprint density at radius 3 is 2.33 bits per heavy atom. The summed E-state index contributed by atoms with van der Waals surface area (Å²) >= 11 is 0. The Kier molecular flexibility index (Phi) is 9.96. The maximum atomic E-state index is 12.7. The number of nitrogens with one attached hydrogen (secondary N) is 4. The molecule has 0 radical (unpaired) electrons. The van der Waals surface area contributed by atoms with Crippen LogP contribution >= 0.6 is 0 Å². The summed E-state index contributed by atoms with van der Waals surface area (Å²) in [6, 6.07) is -2.89. The van der Waals surface area contributed by atoms with Gasteiger partial charge in [0.25, 0.3) is 0 Å². The first-order chi connectivity index (χ1) is 14.1. The Balaban J connectivity index is 2.74. The standard InChI is InChI=1S/C19H32N6O5/c1-5-11(4)16(25-14(26)8-22-17(27)15(20)10(2)3)18(28)24-13(19(29)30)6-12-7-21-9-23-12/h7,9-11,13,15-16H,5-6,8,20H2,1-4H3,(H,21,23)(H,22,27)(H,24,28)(H,25,26)(H,29,30). The van der Waals surface area contributed by atoms with E-state index < -0.39 is 41.8 Å². The largest absolute Gasteiger partial charge is 0.480 e. The second-order valence-electron chi connectivity index (χ2n) is 7.60. The maximum Gasteiger partial charge on any atom is 0.326 e. The van der Waals surface area contributed by atoms with Gasteiger partial charge in [-0.3, -0.25) is 14.4 Å². The minimum absolute atomic E-state index is 0.0192. The molecule has 1 aromatic rings. The molecule has 0 aromatic carbocycles. The molecule has 7 N–H and O–H groups in total. The Hall–Kier alpha value is -2.95. The third kappa shape index (κ3) is 7.82. The third-order valence-corrected chi connectivity index (χ3v) is 4.85. The van der Waals surface area contributed by atoms with Crippen molar-refractivity contribution in [3.63, 3.8) is 0 Å². The molecule has 0 spiro atoms. The molecule has 0 saturated heterocycles. The highest BCUT2D eigenvalue weighted by molar-refractivity contribution is 5.92. The highest BCUT2D eigenvalue weighted by Crippen LogP contribution is 2.09. The summed E-state index contributed by atoms with van der Waals surface area (Å²) in [4.78, 5) is 55.1. The molecule has 0 fully saturated rings. The van der Waals surface area contributed by atoms with E-state index in [1.807, 2.05) is 6.92 Å². The molecule has 0 saturated carbocycles. The molecule has 1 aromatic heterocycles. The molecule has 0 aliphatic heterocycles. The van der Waals surface area contributed by atoms with Gasteiger partial charge in [-0.15, -0.1) is 0 Å². The lowest BCUT2D eigenvalue weighted by Gasteiger charge is -2.25. The number of carbonyl (C=O) groups is 4. The van der Waals surface area contributed by atoms with Crippen LogP contribution in [0.25, 0.3) is 0 Å². The van der Waals surface area contributed by atoms with E-state index in [0.717, 1.165) is 0 Å². The van der Waals surface area contributed by atoms with Gasteiger partial charge in [-0.25, -0.2) is 9.78 Å². The first kappa shape index (κ1) is 25.1. The summed E-state index contributed by atoms with van der Waals surface area (Å²) in [5.41, 5.74) is 6.29. The highest BCUT2D eigenvalue weighted by atomic mass is 16.4. The molecule has 0 aliphatic rings. The number of aromatic nitrogens is 2. The smallest absolute Gasteiger partial charge is 0.326 e. The van der Waals surface area contributed by atoms with E-state index in [4.69, 9.17) is 5.73 Å². The van der Waals surface area contributed by atoms with Crippen molar-refractivity contribution in [1.29, 1.82) is 0 Å². The van der Waals surface area contributed by atoms with E-state index in [0.29, 0.717) is 12.1 Å². The van der Waals surface area contributed by atoms with Crippen molar-refractivity contribution in [3.8, 4) is 0 Å². The van der Waals surface area contributed by atoms with Crippen molar-refractivity contribution in [2.45, 2.75) is 58.7 Å². The molecule has 11 nitrogen and oxygen atoms in total. The number of nitrogens with two attached hydrogens (primary N) is 1. The number of carbonyl (C=O) groups excluding carboxylic acids is 3. The van der Waals surface area contributed by atoms with Crippen LogP contribution in [-0.4, -0.2) is 63.4 Å². The number of nitrogens with zero attached hydrogens (tertiary/aromatic N) is 1. The Morgan fingerprint density at radius 2 is 1.83 bits per heavy atom. The summed E-state index contributed by atoms with van der Waals surface area (Å²) in [7, 11) is 0. The van der Waals surface area contributed by atoms with Crippen LogP contribution in [0.2, 0.25) is 0 Å². The zero-order valence-electron chi connectivity index (χ0n) is 17.8. The van der Waals surface area contributed by atoms with Crippen molar-refractivity contribution in [1.82, 2.24) is 25.9 Å². The first-order valence-corrected chi connectivity index (χ1v) is 9.89. The molecule has 1 heterocycles. The quantitative estimate of drug-likeness (QED) is 0.253. The lowest BCUT2D eigenvalue weighted by molar-refractivity contribution is -0.142. The summed E-state index contributed by atoms with van der Waals surface area (Å²) in [5.74, 6) is -3.20. The lowest BCUT2D eigenvalue weighted by atomic mass is 9.97. The van der Waals surface area contributed by atoms with E-state index in [1.165, 1.54) is 12.5 Å². The number of carboxylic acids is 1. The molecule has 168 valence electrons. The monoisotopic (exact) mass is 424 g/mol. The predicted octanol–water partition coefficient (Wildman–Crippen LogP) is -0.848. The summed E-state index contributed by atoms with van der Waals surface area (Å²) < 4.78 is 0. The molecule has 11 heteroatoms. The van der Waals surface area contributed by atoms with E-state index in [9.17, 15) is 24.3 Å². The number of carboxylic acid groups (broad SMARTS) is 1. The summed E-state index contributed by atoms with van der Waals surface area (Å²) in [6.07, 6.45) is 3.48. The fourth-order valence-corrected chi connectivity index (χ4v) is 2.59. The average molecular weight is 425 g/mol. The van der Waals surface area contributed by atoms with Crippen LogP contribution in [0.5, 0.6) is 0 Å². The summed E-state index contributed by atoms with van der Waals surface area (Å²) in [5, 5.41) is 16.9. The van der Waals surface area contributed by atoms with Crippen molar-refractivity contribution in [2.75, 3.05) is 6.54 Å². The lowest BCUT2D eigenvalue weighted by Crippen LogP contribution is -2.56. The second-order valence-corrected chi connectivity index (χ2v) is 7.60. The van der Waals surface area contributed by atoms with Gasteiger partial charge in [0.2, 0.25) is 17.7 Å². The minimum atomic E-state index is -1.21. The third-order valence-electron chi connectivity index (χ3n) is 4.85. The SMILES string of the molecule is CCC(C)C(NC(=O)CNC(=O)C(N)C(C)C)C(=O)NC(Cc1cnc[nH]1)C(=O)O. The number of H-pyrrole nitrogens is 1. The van der Waals surface area contributed by atoms with Gasteiger partial charge >= 0.3 is 5.97 Å². The van der Waals surface area contributed by atoms with Crippen LogP contribution in [0.1, 0.15) is 39.8 Å². The normalized spacial score (nSPS) is 15.0. The zero-order chi connectivity index (χ0) is 22.8. The fraction of sp³-hybridized carbons (Fsp3) is 0.632. The van der Waals surface area contributed by atoms with E-state index >= 15 is 0 Å². The van der Waals surface area contributed by atoms with Gasteiger partial charge in [0.05, 0.1) is 18.9 Å². The van der Waals surface area contributed by atoms with E-state index in [2.05, 4.69) is 25.9 Å². The van der Waals surface area contributed by atoms with Crippen molar-refractivity contribution in [3.05, 3.63) is 18.2 Å². The topological polar surface area (TPSA) is 179 Å². The van der Waals surface area contributed by atoms with Crippen molar-refractivity contribution in [2.24, 2.45) is 17.6 Å². The molecule has 1 rings (SSSR count). The van der Waals surface area contributed by atoms with Crippen LogP contribution < -0.4 is 21.7 Å². The van der Waals surface area contributed by atoms with Gasteiger partial charge in [0.15, 0.2) is 0 Å². The van der Waals surface area contributed by atoms with Gasteiger partial charge in [0, 0.05) is 18.3 Å². The Morgan fingerprint density at radius 1 is 1.17 bits per heavy atom. The highest BCUT2D eigenvalue weighted by Gasteiger charge is 2.30. The van der Waals surface area contributed by atoms with Crippen molar-refractivity contribution >= 4 is 23.7 Å². The van der Waals surface area contributed by atoms with Gasteiger partial charge in [0.1, 0.15) is 12.1 Å². The van der Waals surface area contributed by atoms with Gasteiger partial charge in [-0.2, -0.15) is 0 Å². The van der Waals surface area contributed by atoms with E-state index in [1.54, 1.807) is 20.8 Å². The number of amides is 3. The van der Waals surface area contributed by atoms with Gasteiger partial charge in [-0.1, -0.05) is 34.1 Å². The number of rotatable bonds is 12. The molecule has 3 amide bonds. The summed E-state index contributed by atoms with van der Waals surface area (Å²) in [6.45, 7) is 6.85. The number of hydrogen-bond donors (Lipinski definition) is 6. The molecular weight excluding hydrogens is 392 g/mol. The number of aromatic amines is 1. The molecule has 0 bridgehead atoms. The average Bonchev–Trinajstić information content (AvgIpc) is 3.21. The number of hydrogen-bond acceptors (Lipinski definition) is 6. The second kappa shape index (κ2) is 11.9. The molecule has 4 atom stereocenters. The van der Waals surface area contributed by atoms with Crippen LogP contribution in [0, 0.1) is 11.8 Å². The number of aliphatic carboxylic acids is 1. The zero-order valence-corrected chi connectivity index (χ0v) is 17.8. The van der Waals surface area contributed by atoms with Crippen LogP contribution in [0.3, 0.4) is 0 Å². The molecule has 0 aliphatic carbocycles. The minimum Gasteiger partial charge on any atom is -0.480 e. The van der Waals surface area contributed by atoms with Crippen LogP contribution in [0.4, 0.5) is 0 Å². The number of imidazole rings is 1. The Bertz CT molecular complexity index is 721. The molecular formula is C19H32N6O5. The van der Waals surface area contributed by atoms with Gasteiger partial charge < -0.3 is 31.8 Å². The Labute approximate surface area is 175 Å². The van der Waals surface area contributed by atoms with E-state index in [-0.39, 0.29) is 24.8 Å². The fourth-order valence-electron chi connectivity index (χ4n) is 2.59. The molecule has 30 heavy (non-hydrogen) atoms. The first-order valence-electron chi connectivity index (χ1n) is 9.89. The van der Waals surface area contributed by atoms with Crippen LogP contribution in [0.15, 0.2) is 12.5 Å².